The molecule has 1 heterocycles. The molecule has 0 aliphatic carbocycles. The zero-order valence-corrected chi connectivity index (χ0v) is 13.5. The molecule has 0 aromatic heterocycles. The van der Waals surface area contributed by atoms with Crippen LogP contribution in [0.25, 0.3) is 0 Å². The van der Waals surface area contributed by atoms with Gasteiger partial charge in [-0.2, -0.15) is 0 Å². The average Bonchev–Trinajstić information content (AvgIpc) is 2.85. The van der Waals surface area contributed by atoms with Crippen molar-refractivity contribution in [2.24, 2.45) is 0 Å². The van der Waals surface area contributed by atoms with Crippen molar-refractivity contribution < 1.29 is 23.7 Å². The van der Waals surface area contributed by atoms with E-state index < -0.39 is 5.79 Å². The summed E-state index contributed by atoms with van der Waals surface area (Å²) in [6.45, 7) is 4.83. The molecule has 0 N–H and O–H groups in total. The number of esters is 1. The minimum Gasteiger partial charge on any atom is -0.491 e. The summed E-state index contributed by atoms with van der Waals surface area (Å²) in [7, 11) is 1.41. The third-order valence-corrected chi connectivity index (χ3v) is 3.50. The van der Waals surface area contributed by atoms with E-state index >= 15 is 0 Å². The van der Waals surface area contributed by atoms with Crippen molar-refractivity contribution in [1.29, 1.82) is 0 Å². The van der Waals surface area contributed by atoms with Crippen LogP contribution in [-0.2, 0) is 25.4 Å². The molecule has 122 valence electrons. The zero-order valence-electron chi connectivity index (χ0n) is 13.5. The van der Waals surface area contributed by atoms with Crippen molar-refractivity contribution in [2.45, 2.75) is 45.0 Å². The standard InChI is InChI=1S/C17H24O5/c1-17(2)21-12-15(22-17)11-20-14-9-7-13(8-10-14)5-4-6-16(18)19-3/h7-10,15H,4-6,11-12H2,1-3H3. The van der Waals surface area contributed by atoms with E-state index in [2.05, 4.69) is 4.74 Å². The minimum atomic E-state index is -0.516. The number of rotatable bonds is 7. The summed E-state index contributed by atoms with van der Waals surface area (Å²) in [4.78, 5) is 11.0. The Kier molecular flexibility index (Phi) is 5.80. The van der Waals surface area contributed by atoms with Gasteiger partial charge in [0, 0.05) is 6.42 Å². The predicted molar refractivity (Wildman–Crippen MR) is 81.8 cm³/mol. The number of hydrogen-bond acceptors (Lipinski definition) is 5. The van der Waals surface area contributed by atoms with Crippen LogP contribution in [-0.4, -0.2) is 38.2 Å². The molecule has 5 heteroatoms. The van der Waals surface area contributed by atoms with Gasteiger partial charge < -0.3 is 18.9 Å². The number of aryl methyl sites for hydroxylation is 1. The Morgan fingerprint density at radius 2 is 2.05 bits per heavy atom. The smallest absolute Gasteiger partial charge is 0.305 e. The highest BCUT2D eigenvalue weighted by Gasteiger charge is 2.32. The lowest BCUT2D eigenvalue weighted by Gasteiger charge is -2.17. The molecule has 1 aliphatic heterocycles. The van der Waals surface area contributed by atoms with Gasteiger partial charge in [0.05, 0.1) is 13.7 Å². The Balaban J connectivity index is 1.71. The molecule has 22 heavy (non-hydrogen) atoms. The lowest BCUT2D eigenvalue weighted by molar-refractivity contribution is -0.141. The number of carbonyl (C=O) groups is 1. The maximum absolute atomic E-state index is 11.0. The summed E-state index contributed by atoms with van der Waals surface area (Å²) in [5.74, 6) is 0.129. The molecule has 0 amide bonds. The van der Waals surface area contributed by atoms with Crippen LogP contribution in [0.5, 0.6) is 5.75 Å². The summed E-state index contributed by atoms with van der Waals surface area (Å²) in [6, 6.07) is 7.91. The Bertz CT molecular complexity index is 480. The fourth-order valence-corrected chi connectivity index (χ4v) is 2.33. The third-order valence-electron chi connectivity index (χ3n) is 3.50. The van der Waals surface area contributed by atoms with E-state index in [4.69, 9.17) is 14.2 Å². The van der Waals surface area contributed by atoms with Gasteiger partial charge in [-0.05, 0) is 44.4 Å². The highest BCUT2D eigenvalue weighted by atomic mass is 16.7. The molecule has 1 saturated heterocycles. The van der Waals surface area contributed by atoms with Crippen LogP contribution < -0.4 is 4.74 Å². The van der Waals surface area contributed by atoms with Crippen LogP contribution >= 0.6 is 0 Å². The van der Waals surface area contributed by atoms with Gasteiger partial charge in [0.2, 0.25) is 0 Å². The van der Waals surface area contributed by atoms with Crippen molar-refractivity contribution in [2.75, 3.05) is 20.3 Å². The maximum atomic E-state index is 11.0. The summed E-state index contributed by atoms with van der Waals surface area (Å²) in [5.41, 5.74) is 1.18. The molecule has 0 saturated carbocycles. The Morgan fingerprint density at radius 1 is 1.32 bits per heavy atom. The molecule has 0 spiro atoms. The highest BCUT2D eigenvalue weighted by Crippen LogP contribution is 2.23. The zero-order chi connectivity index (χ0) is 16.0. The molecule has 5 nitrogen and oxygen atoms in total. The van der Waals surface area contributed by atoms with Gasteiger partial charge in [-0.1, -0.05) is 12.1 Å². The molecule has 0 radical (unpaired) electrons. The van der Waals surface area contributed by atoms with E-state index in [0.29, 0.717) is 19.6 Å². The van der Waals surface area contributed by atoms with Crippen molar-refractivity contribution in [3.05, 3.63) is 29.8 Å². The molecule has 1 aliphatic rings. The minimum absolute atomic E-state index is 0.0327. The Morgan fingerprint density at radius 3 is 2.64 bits per heavy atom. The predicted octanol–water partition coefficient (Wildman–Crippen LogP) is 2.71. The molecule has 0 bridgehead atoms. The molecule has 2 rings (SSSR count). The molecule has 1 aromatic rings. The van der Waals surface area contributed by atoms with Gasteiger partial charge >= 0.3 is 5.97 Å². The van der Waals surface area contributed by atoms with E-state index in [1.54, 1.807) is 0 Å². The lowest BCUT2D eigenvalue weighted by atomic mass is 10.1. The SMILES string of the molecule is COC(=O)CCCc1ccc(OCC2COC(C)(C)O2)cc1. The summed E-state index contributed by atoms with van der Waals surface area (Å²) >= 11 is 0. The van der Waals surface area contributed by atoms with Gasteiger partial charge in [0.15, 0.2) is 5.79 Å². The monoisotopic (exact) mass is 308 g/mol. The van der Waals surface area contributed by atoms with Crippen LogP contribution in [0.3, 0.4) is 0 Å². The Hall–Kier alpha value is -1.59. The lowest BCUT2D eigenvalue weighted by Crippen LogP contribution is -2.25. The fourth-order valence-electron chi connectivity index (χ4n) is 2.33. The number of hydrogen-bond donors (Lipinski definition) is 0. The Labute approximate surface area is 131 Å². The normalized spacial score (nSPS) is 19.9. The molecule has 1 unspecified atom stereocenters. The van der Waals surface area contributed by atoms with Gasteiger partial charge in [-0.3, -0.25) is 4.79 Å². The number of methoxy groups -OCH3 is 1. The molecule has 1 aromatic carbocycles. The average molecular weight is 308 g/mol. The first-order valence-electron chi connectivity index (χ1n) is 7.59. The second-order valence-corrected chi connectivity index (χ2v) is 5.84. The van der Waals surface area contributed by atoms with Crippen molar-refractivity contribution >= 4 is 5.97 Å². The first-order valence-corrected chi connectivity index (χ1v) is 7.59. The largest absolute Gasteiger partial charge is 0.491 e. The van der Waals surface area contributed by atoms with E-state index in [1.807, 2.05) is 38.1 Å². The molecular formula is C17H24O5. The summed E-state index contributed by atoms with van der Waals surface area (Å²) in [5, 5.41) is 0. The second-order valence-electron chi connectivity index (χ2n) is 5.84. The second kappa shape index (κ2) is 7.61. The van der Waals surface area contributed by atoms with Gasteiger partial charge in [0.1, 0.15) is 18.5 Å². The van der Waals surface area contributed by atoms with Crippen molar-refractivity contribution in [1.82, 2.24) is 0 Å². The highest BCUT2D eigenvalue weighted by molar-refractivity contribution is 5.69. The topological polar surface area (TPSA) is 54.0 Å². The van der Waals surface area contributed by atoms with Crippen molar-refractivity contribution in [3.8, 4) is 5.75 Å². The van der Waals surface area contributed by atoms with E-state index in [9.17, 15) is 4.79 Å². The summed E-state index contributed by atoms with van der Waals surface area (Å²) in [6.07, 6.45) is 2.05. The van der Waals surface area contributed by atoms with Gasteiger partial charge in [-0.15, -0.1) is 0 Å². The van der Waals surface area contributed by atoms with Gasteiger partial charge in [0.25, 0.3) is 0 Å². The van der Waals surface area contributed by atoms with Gasteiger partial charge in [-0.25, -0.2) is 0 Å². The molecule has 1 fully saturated rings. The quantitative estimate of drug-likeness (QED) is 0.725. The molecular weight excluding hydrogens is 284 g/mol. The van der Waals surface area contributed by atoms with Crippen LogP contribution in [0.2, 0.25) is 0 Å². The van der Waals surface area contributed by atoms with Crippen LogP contribution in [0, 0.1) is 0 Å². The maximum Gasteiger partial charge on any atom is 0.305 e. The number of ether oxygens (including phenoxy) is 4. The van der Waals surface area contributed by atoms with Crippen LogP contribution in [0.1, 0.15) is 32.3 Å². The van der Waals surface area contributed by atoms with E-state index in [0.717, 1.165) is 18.6 Å². The van der Waals surface area contributed by atoms with E-state index in [-0.39, 0.29) is 12.1 Å². The van der Waals surface area contributed by atoms with Crippen LogP contribution in [0.4, 0.5) is 0 Å². The summed E-state index contributed by atoms with van der Waals surface area (Å²) < 4.78 is 21.5. The molecule has 1 atom stereocenters. The third kappa shape index (κ3) is 5.31. The van der Waals surface area contributed by atoms with Crippen LogP contribution in [0.15, 0.2) is 24.3 Å². The van der Waals surface area contributed by atoms with E-state index in [1.165, 1.54) is 12.7 Å². The van der Waals surface area contributed by atoms with Crippen molar-refractivity contribution in [3.63, 3.8) is 0 Å². The first-order chi connectivity index (χ1) is 10.5. The number of carbonyl (C=O) groups excluding carboxylic acids is 1. The number of benzene rings is 1. The fraction of sp³-hybridized carbons (Fsp3) is 0.588. The first kappa shape index (κ1) is 16.8.